The number of benzene rings is 2. The molecule has 0 saturated carbocycles. The molecule has 2 rings (SSSR count). The molecule has 0 unspecified atom stereocenters. The van der Waals surface area contributed by atoms with Crippen LogP contribution in [0.3, 0.4) is 0 Å². The average molecular weight is 416 g/mol. The van der Waals surface area contributed by atoms with Gasteiger partial charge in [0.2, 0.25) is 0 Å². The average Bonchev–Trinajstić information content (AvgIpc) is 2.62. The number of non-ortho nitro benzene ring substituents is 1. The number of rotatable bonds is 10. The fourth-order valence-electron chi connectivity index (χ4n) is 2.41. The Hall–Kier alpha value is -2.22. The molecule has 0 atom stereocenters. The minimum atomic E-state index is -0.415. The SMILES string of the molecule is CCOc1cc(CNCCNc2ccc([N+](=O)[O-])cc2)cc(Cl)c1OC.Cl. The quantitative estimate of drug-likeness (QED) is 0.342. The second kappa shape index (κ2) is 11.5. The molecular weight excluding hydrogens is 393 g/mol. The molecule has 148 valence electrons. The van der Waals surface area contributed by atoms with Crippen molar-refractivity contribution in [3.8, 4) is 11.5 Å². The number of hydrogen-bond acceptors (Lipinski definition) is 6. The van der Waals surface area contributed by atoms with Gasteiger partial charge in [0.1, 0.15) is 0 Å². The molecule has 0 heterocycles. The summed E-state index contributed by atoms with van der Waals surface area (Å²) in [6, 6.07) is 10.1. The van der Waals surface area contributed by atoms with E-state index in [2.05, 4.69) is 10.6 Å². The Balaban J connectivity index is 0.00000364. The normalized spacial score (nSPS) is 10.0. The summed E-state index contributed by atoms with van der Waals surface area (Å²) in [6.07, 6.45) is 0. The lowest BCUT2D eigenvalue weighted by Crippen LogP contribution is -2.21. The summed E-state index contributed by atoms with van der Waals surface area (Å²) in [5, 5.41) is 17.6. The molecule has 2 aromatic carbocycles. The van der Waals surface area contributed by atoms with Crippen LogP contribution in [0.2, 0.25) is 5.02 Å². The maximum absolute atomic E-state index is 10.6. The van der Waals surface area contributed by atoms with E-state index in [-0.39, 0.29) is 18.1 Å². The van der Waals surface area contributed by atoms with E-state index in [0.29, 0.717) is 42.8 Å². The van der Waals surface area contributed by atoms with Crippen LogP contribution in [0, 0.1) is 10.1 Å². The fourth-order valence-corrected chi connectivity index (χ4v) is 2.72. The number of halogens is 2. The van der Waals surface area contributed by atoms with Gasteiger partial charge >= 0.3 is 0 Å². The first kappa shape index (κ1) is 22.8. The summed E-state index contributed by atoms with van der Waals surface area (Å²) in [4.78, 5) is 10.2. The molecule has 2 aromatic rings. The van der Waals surface area contributed by atoms with Gasteiger partial charge < -0.3 is 20.1 Å². The molecule has 0 fully saturated rings. The van der Waals surface area contributed by atoms with Crippen molar-refractivity contribution >= 4 is 35.4 Å². The largest absolute Gasteiger partial charge is 0.491 e. The van der Waals surface area contributed by atoms with Crippen LogP contribution in [-0.2, 0) is 6.54 Å². The molecule has 0 bridgehead atoms. The highest BCUT2D eigenvalue weighted by molar-refractivity contribution is 6.32. The van der Waals surface area contributed by atoms with Gasteiger partial charge in [-0.2, -0.15) is 0 Å². The lowest BCUT2D eigenvalue weighted by Gasteiger charge is -2.13. The first-order valence-electron chi connectivity index (χ1n) is 8.23. The fraction of sp³-hybridized carbons (Fsp3) is 0.333. The number of nitro benzene ring substituents is 1. The van der Waals surface area contributed by atoms with Crippen molar-refractivity contribution in [3.63, 3.8) is 0 Å². The van der Waals surface area contributed by atoms with E-state index < -0.39 is 4.92 Å². The number of methoxy groups -OCH3 is 1. The van der Waals surface area contributed by atoms with Gasteiger partial charge in [0.15, 0.2) is 11.5 Å². The van der Waals surface area contributed by atoms with Crippen LogP contribution in [0.15, 0.2) is 36.4 Å². The number of nitrogens with one attached hydrogen (secondary N) is 2. The highest BCUT2D eigenvalue weighted by Gasteiger charge is 2.11. The lowest BCUT2D eigenvalue weighted by molar-refractivity contribution is -0.384. The third-order valence-electron chi connectivity index (χ3n) is 3.61. The van der Waals surface area contributed by atoms with E-state index in [9.17, 15) is 10.1 Å². The number of nitro groups is 1. The Kier molecular flexibility index (Phi) is 9.71. The van der Waals surface area contributed by atoms with Crippen molar-refractivity contribution in [2.24, 2.45) is 0 Å². The van der Waals surface area contributed by atoms with Gasteiger partial charge in [0.25, 0.3) is 5.69 Å². The van der Waals surface area contributed by atoms with Gasteiger partial charge in [-0.1, -0.05) is 11.6 Å². The Bertz CT molecular complexity index is 742. The van der Waals surface area contributed by atoms with Gasteiger partial charge in [-0.05, 0) is 36.8 Å². The molecule has 0 spiro atoms. The summed E-state index contributed by atoms with van der Waals surface area (Å²) in [5.41, 5.74) is 1.91. The zero-order chi connectivity index (χ0) is 18.9. The smallest absolute Gasteiger partial charge is 0.269 e. The van der Waals surface area contributed by atoms with Crippen molar-refractivity contribution in [2.75, 3.05) is 32.1 Å². The molecule has 7 nitrogen and oxygen atoms in total. The Morgan fingerprint density at radius 3 is 2.48 bits per heavy atom. The van der Waals surface area contributed by atoms with E-state index in [1.165, 1.54) is 12.1 Å². The standard InChI is InChI=1S/C18H22ClN3O4.ClH/c1-3-26-17-11-13(10-16(19)18(17)25-2)12-20-8-9-21-14-4-6-15(7-5-14)22(23)24;/h4-7,10-11,20-21H,3,8-9,12H2,1-2H3;1H. The zero-order valence-electron chi connectivity index (χ0n) is 15.2. The maximum Gasteiger partial charge on any atom is 0.269 e. The number of ether oxygens (including phenoxy) is 2. The Morgan fingerprint density at radius 2 is 1.89 bits per heavy atom. The van der Waals surface area contributed by atoms with Crippen molar-refractivity contribution in [2.45, 2.75) is 13.5 Å². The third-order valence-corrected chi connectivity index (χ3v) is 3.89. The molecule has 0 saturated heterocycles. The topological polar surface area (TPSA) is 85.7 Å². The van der Waals surface area contributed by atoms with Gasteiger partial charge in [0.05, 0.1) is 23.7 Å². The third kappa shape index (κ3) is 6.78. The van der Waals surface area contributed by atoms with E-state index >= 15 is 0 Å². The molecule has 0 aromatic heterocycles. The van der Waals surface area contributed by atoms with Crippen LogP contribution in [0.25, 0.3) is 0 Å². The Labute approximate surface area is 169 Å². The second-order valence-corrected chi connectivity index (χ2v) is 5.86. The van der Waals surface area contributed by atoms with Crippen molar-refractivity contribution in [3.05, 3.63) is 57.1 Å². The molecule has 0 radical (unpaired) electrons. The van der Waals surface area contributed by atoms with E-state index in [4.69, 9.17) is 21.1 Å². The highest BCUT2D eigenvalue weighted by Crippen LogP contribution is 2.36. The van der Waals surface area contributed by atoms with E-state index in [1.54, 1.807) is 19.2 Å². The molecule has 9 heteroatoms. The molecule has 0 aliphatic rings. The van der Waals surface area contributed by atoms with Gasteiger partial charge in [0, 0.05) is 37.5 Å². The number of hydrogen-bond donors (Lipinski definition) is 2. The van der Waals surface area contributed by atoms with Crippen LogP contribution in [0.1, 0.15) is 12.5 Å². The molecule has 27 heavy (non-hydrogen) atoms. The van der Waals surface area contributed by atoms with Crippen molar-refractivity contribution in [1.29, 1.82) is 0 Å². The lowest BCUT2D eigenvalue weighted by atomic mass is 10.2. The molecule has 0 amide bonds. The number of nitrogens with zero attached hydrogens (tertiary/aromatic N) is 1. The van der Waals surface area contributed by atoms with Gasteiger partial charge in [-0.15, -0.1) is 12.4 Å². The Morgan fingerprint density at radius 1 is 1.19 bits per heavy atom. The summed E-state index contributed by atoms with van der Waals surface area (Å²) in [6.45, 7) is 4.46. The summed E-state index contributed by atoms with van der Waals surface area (Å²) >= 11 is 6.23. The summed E-state index contributed by atoms with van der Waals surface area (Å²) in [7, 11) is 1.56. The monoisotopic (exact) mass is 415 g/mol. The van der Waals surface area contributed by atoms with Gasteiger partial charge in [-0.3, -0.25) is 10.1 Å². The predicted molar refractivity (Wildman–Crippen MR) is 110 cm³/mol. The van der Waals surface area contributed by atoms with Crippen molar-refractivity contribution in [1.82, 2.24) is 5.32 Å². The van der Waals surface area contributed by atoms with Crippen molar-refractivity contribution < 1.29 is 14.4 Å². The van der Waals surface area contributed by atoms with E-state index in [0.717, 1.165) is 11.3 Å². The zero-order valence-corrected chi connectivity index (χ0v) is 16.7. The van der Waals surface area contributed by atoms with E-state index in [1.807, 2.05) is 19.1 Å². The van der Waals surface area contributed by atoms with Crippen LogP contribution < -0.4 is 20.1 Å². The summed E-state index contributed by atoms with van der Waals surface area (Å²) in [5.74, 6) is 1.17. The second-order valence-electron chi connectivity index (χ2n) is 5.45. The molecule has 0 aliphatic carbocycles. The van der Waals surface area contributed by atoms with Crippen LogP contribution in [0.5, 0.6) is 11.5 Å². The molecular formula is C18H23Cl2N3O4. The highest BCUT2D eigenvalue weighted by atomic mass is 35.5. The van der Waals surface area contributed by atoms with Crippen LogP contribution >= 0.6 is 24.0 Å². The number of anilines is 1. The van der Waals surface area contributed by atoms with Gasteiger partial charge in [-0.25, -0.2) is 0 Å². The first-order valence-corrected chi connectivity index (χ1v) is 8.61. The molecule has 2 N–H and O–H groups in total. The van der Waals surface area contributed by atoms with Crippen LogP contribution in [-0.4, -0.2) is 31.7 Å². The maximum atomic E-state index is 10.6. The predicted octanol–water partition coefficient (Wildman–Crippen LogP) is 4.28. The minimum absolute atomic E-state index is 0. The molecule has 0 aliphatic heterocycles. The minimum Gasteiger partial charge on any atom is -0.491 e. The van der Waals surface area contributed by atoms with Crippen LogP contribution in [0.4, 0.5) is 11.4 Å². The first-order chi connectivity index (χ1) is 12.5. The summed E-state index contributed by atoms with van der Waals surface area (Å²) < 4.78 is 10.8.